The van der Waals surface area contributed by atoms with Crippen molar-refractivity contribution in [1.29, 1.82) is 0 Å². The minimum atomic E-state index is -0.335. The molecule has 2 aromatic rings. The standard InChI is InChI=1S/C14H11FN2O/c15-12-5-3-10(4-6-12)14(18)17-8-11-2-1-7-16-13(11)9-17/h1-7H,8-9H2. The second-order valence-electron chi connectivity index (χ2n) is 4.28. The fraction of sp³-hybridized carbons (Fsp3) is 0.143. The highest BCUT2D eigenvalue weighted by Crippen LogP contribution is 2.22. The minimum Gasteiger partial charge on any atom is -0.328 e. The summed E-state index contributed by atoms with van der Waals surface area (Å²) < 4.78 is 12.8. The van der Waals surface area contributed by atoms with Gasteiger partial charge in [-0.25, -0.2) is 4.39 Å². The number of rotatable bonds is 1. The van der Waals surface area contributed by atoms with Crippen molar-refractivity contribution in [3.63, 3.8) is 0 Å². The van der Waals surface area contributed by atoms with Crippen LogP contribution in [0.2, 0.25) is 0 Å². The van der Waals surface area contributed by atoms with Crippen molar-refractivity contribution in [2.45, 2.75) is 13.1 Å². The molecule has 0 unspecified atom stereocenters. The highest BCUT2D eigenvalue weighted by atomic mass is 19.1. The van der Waals surface area contributed by atoms with Gasteiger partial charge in [-0.05, 0) is 35.9 Å². The van der Waals surface area contributed by atoms with Crippen LogP contribution in [0.25, 0.3) is 0 Å². The third kappa shape index (κ3) is 1.86. The van der Waals surface area contributed by atoms with Gasteiger partial charge in [-0.1, -0.05) is 6.07 Å². The zero-order valence-corrected chi connectivity index (χ0v) is 9.64. The monoisotopic (exact) mass is 242 g/mol. The van der Waals surface area contributed by atoms with E-state index >= 15 is 0 Å². The van der Waals surface area contributed by atoms with E-state index in [0.717, 1.165) is 11.3 Å². The first-order valence-electron chi connectivity index (χ1n) is 5.71. The maximum Gasteiger partial charge on any atom is 0.254 e. The van der Waals surface area contributed by atoms with E-state index in [4.69, 9.17) is 0 Å². The summed E-state index contributed by atoms with van der Waals surface area (Å²) in [7, 11) is 0. The maximum absolute atomic E-state index is 12.8. The van der Waals surface area contributed by atoms with Crippen LogP contribution in [0.1, 0.15) is 21.6 Å². The topological polar surface area (TPSA) is 33.2 Å². The van der Waals surface area contributed by atoms with Crippen LogP contribution < -0.4 is 0 Å². The lowest BCUT2D eigenvalue weighted by atomic mass is 10.2. The molecule has 0 saturated carbocycles. The van der Waals surface area contributed by atoms with Crippen LogP contribution in [0.15, 0.2) is 42.6 Å². The molecule has 0 spiro atoms. The third-order valence-corrected chi connectivity index (χ3v) is 3.06. The number of nitrogens with zero attached hydrogens (tertiary/aromatic N) is 2. The van der Waals surface area contributed by atoms with E-state index in [0.29, 0.717) is 18.7 Å². The molecule has 3 nitrogen and oxygen atoms in total. The van der Waals surface area contributed by atoms with Gasteiger partial charge >= 0.3 is 0 Å². The van der Waals surface area contributed by atoms with Gasteiger partial charge in [-0.15, -0.1) is 0 Å². The molecule has 90 valence electrons. The molecule has 0 bridgehead atoms. The van der Waals surface area contributed by atoms with Gasteiger partial charge < -0.3 is 4.90 Å². The van der Waals surface area contributed by atoms with Crippen LogP contribution in [-0.2, 0) is 13.1 Å². The summed E-state index contributed by atoms with van der Waals surface area (Å²) >= 11 is 0. The summed E-state index contributed by atoms with van der Waals surface area (Å²) in [6, 6.07) is 9.45. The van der Waals surface area contributed by atoms with Crippen LogP contribution in [0.4, 0.5) is 4.39 Å². The van der Waals surface area contributed by atoms with Gasteiger partial charge in [0.2, 0.25) is 0 Å². The van der Waals surface area contributed by atoms with Crippen molar-refractivity contribution in [1.82, 2.24) is 9.88 Å². The average molecular weight is 242 g/mol. The highest BCUT2D eigenvalue weighted by Gasteiger charge is 2.24. The Labute approximate surface area is 104 Å². The summed E-state index contributed by atoms with van der Waals surface area (Å²) in [5.74, 6) is -0.425. The van der Waals surface area contributed by atoms with Crippen molar-refractivity contribution < 1.29 is 9.18 Å². The Hall–Kier alpha value is -2.23. The minimum absolute atomic E-state index is 0.0898. The van der Waals surface area contributed by atoms with Crippen LogP contribution in [0.3, 0.4) is 0 Å². The molecule has 0 atom stereocenters. The number of halogens is 1. The molecule has 3 rings (SSSR count). The Morgan fingerprint density at radius 2 is 1.94 bits per heavy atom. The number of amides is 1. The fourth-order valence-corrected chi connectivity index (χ4v) is 2.12. The van der Waals surface area contributed by atoms with Crippen LogP contribution in [0.5, 0.6) is 0 Å². The van der Waals surface area contributed by atoms with Gasteiger partial charge in [0.1, 0.15) is 5.82 Å². The Morgan fingerprint density at radius 1 is 1.17 bits per heavy atom. The number of fused-ring (bicyclic) bond motifs is 1. The summed E-state index contributed by atoms with van der Waals surface area (Å²) in [6.07, 6.45) is 1.73. The lowest BCUT2D eigenvalue weighted by Gasteiger charge is -2.14. The SMILES string of the molecule is O=C(c1ccc(F)cc1)N1Cc2cccnc2C1. The number of hydrogen-bond donors (Lipinski definition) is 0. The molecule has 0 saturated heterocycles. The first-order chi connectivity index (χ1) is 8.74. The maximum atomic E-state index is 12.8. The number of pyridine rings is 1. The van der Waals surface area contributed by atoms with Crippen LogP contribution in [-0.4, -0.2) is 15.8 Å². The van der Waals surface area contributed by atoms with Crippen molar-refractivity contribution in [2.75, 3.05) is 0 Å². The summed E-state index contributed by atoms with van der Waals surface area (Å²) in [5, 5.41) is 0. The fourth-order valence-electron chi connectivity index (χ4n) is 2.12. The number of aromatic nitrogens is 1. The van der Waals surface area contributed by atoms with Crippen molar-refractivity contribution >= 4 is 5.91 Å². The molecule has 2 heterocycles. The summed E-state index contributed by atoms with van der Waals surface area (Å²) in [4.78, 5) is 18.2. The molecule has 1 aliphatic rings. The average Bonchev–Trinajstić information content (AvgIpc) is 2.82. The molecule has 1 aromatic heterocycles. The van der Waals surface area contributed by atoms with E-state index in [1.165, 1.54) is 24.3 Å². The lowest BCUT2D eigenvalue weighted by molar-refractivity contribution is 0.0750. The van der Waals surface area contributed by atoms with Gasteiger partial charge in [-0.2, -0.15) is 0 Å². The Kier molecular flexibility index (Phi) is 2.55. The molecular weight excluding hydrogens is 231 g/mol. The molecule has 1 aliphatic heterocycles. The van der Waals surface area contributed by atoms with Gasteiger partial charge in [-0.3, -0.25) is 9.78 Å². The molecule has 1 amide bonds. The molecule has 0 radical (unpaired) electrons. The van der Waals surface area contributed by atoms with Crippen LogP contribution in [0, 0.1) is 5.82 Å². The van der Waals surface area contributed by atoms with E-state index < -0.39 is 0 Å². The molecule has 1 aromatic carbocycles. The Balaban J connectivity index is 1.82. The second-order valence-corrected chi connectivity index (χ2v) is 4.28. The van der Waals surface area contributed by atoms with E-state index in [2.05, 4.69) is 4.98 Å². The largest absolute Gasteiger partial charge is 0.328 e. The van der Waals surface area contributed by atoms with Gasteiger partial charge in [0.05, 0.1) is 12.2 Å². The predicted molar refractivity (Wildman–Crippen MR) is 64.2 cm³/mol. The molecule has 18 heavy (non-hydrogen) atoms. The first-order valence-corrected chi connectivity index (χ1v) is 5.71. The molecule has 4 heteroatoms. The zero-order chi connectivity index (χ0) is 12.5. The summed E-state index contributed by atoms with van der Waals surface area (Å²) in [5.41, 5.74) is 2.52. The van der Waals surface area contributed by atoms with Crippen molar-refractivity contribution in [2.24, 2.45) is 0 Å². The molecular formula is C14H11FN2O. The van der Waals surface area contributed by atoms with Gasteiger partial charge in [0, 0.05) is 18.3 Å². The smallest absolute Gasteiger partial charge is 0.254 e. The molecule has 0 N–H and O–H groups in total. The Morgan fingerprint density at radius 3 is 2.67 bits per heavy atom. The quantitative estimate of drug-likeness (QED) is 0.769. The number of carbonyl (C=O) groups is 1. The van der Waals surface area contributed by atoms with Crippen molar-refractivity contribution in [3.05, 3.63) is 65.2 Å². The number of hydrogen-bond acceptors (Lipinski definition) is 2. The Bertz CT molecular complexity index is 570. The van der Waals surface area contributed by atoms with E-state index in [9.17, 15) is 9.18 Å². The summed E-state index contributed by atoms with van der Waals surface area (Å²) in [6.45, 7) is 1.09. The highest BCUT2D eigenvalue weighted by molar-refractivity contribution is 5.94. The molecule has 0 aliphatic carbocycles. The van der Waals surface area contributed by atoms with Crippen LogP contribution >= 0.6 is 0 Å². The van der Waals surface area contributed by atoms with E-state index in [1.807, 2.05) is 12.1 Å². The van der Waals surface area contributed by atoms with Gasteiger partial charge in [0.25, 0.3) is 5.91 Å². The zero-order valence-electron chi connectivity index (χ0n) is 9.64. The van der Waals surface area contributed by atoms with E-state index in [1.54, 1.807) is 11.1 Å². The second kappa shape index (κ2) is 4.22. The van der Waals surface area contributed by atoms with E-state index in [-0.39, 0.29) is 11.7 Å². The first kappa shape index (κ1) is 10.9. The number of benzene rings is 1. The normalized spacial score (nSPS) is 13.5. The molecule has 0 fully saturated rings. The predicted octanol–water partition coefficient (Wildman–Crippen LogP) is 2.38. The van der Waals surface area contributed by atoms with Gasteiger partial charge in [0.15, 0.2) is 0 Å². The third-order valence-electron chi connectivity index (χ3n) is 3.06. The number of carbonyl (C=O) groups excluding carboxylic acids is 1. The lowest BCUT2D eigenvalue weighted by Crippen LogP contribution is -2.25. The van der Waals surface area contributed by atoms with Crippen molar-refractivity contribution in [3.8, 4) is 0 Å².